The van der Waals surface area contributed by atoms with Crippen LogP contribution in [0.1, 0.15) is 5.56 Å². The molecule has 2 aromatic rings. The number of rotatable bonds is 2. The zero-order chi connectivity index (χ0) is 18.5. The molecular weight excluding hydrogens is 373 g/mol. The summed E-state index contributed by atoms with van der Waals surface area (Å²) in [6.45, 7) is 2.50. The fraction of sp³-hybridized carbons (Fsp3) is 0.263. The molecule has 1 amide bonds. The number of hydrogen-bond donors (Lipinski definition) is 0. The highest BCUT2D eigenvalue weighted by atomic mass is 35.5. The number of carbonyl (C=O) groups is 1. The molecule has 0 spiro atoms. The van der Waals surface area contributed by atoms with Gasteiger partial charge in [-0.25, -0.2) is 0 Å². The van der Waals surface area contributed by atoms with Crippen molar-refractivity contribution < 1.29 is 9.53 Å². The summed E-state index contributed by atoms with van der Waals surface area (Å²) in [4.78, 5) is 20.2. The van der Waals surface area contributed by atoms with Gasteiger partial charge in [-0.3, -0.25) is 9.78 Å². The summed E-state index contributed by atoms with van der Waals surface area (Å²) >= 11 is 12.4. The van der Waals surface area contributed by atoms with Crippen LogP contribution in [0, 0.1) is 11.8 Å². The number of methoxy groups -OCH3 is 1. The van der Waals surface area contributed by atoms with E-state index in [-0.39, 0.29) is 5.91 Å². The van der Waals surface area contributed by atoms with Crippen LogP contribution in [0.4, 0.5) is 5.69 Å². The average molecular weight is 390 g/mol. The second-order valence-corrected chi connectivity index (χ2v) is 6.50. The monoisotopic (exact) mass is 389 g/mol. The van der Waals surface area contributed by atoms with Crippen molar-refractivity contribution in [1.82, 2.24) is 9.88 Å². The first kappa shape index (κ1) is 18.4. The van der Waals surface area contributed by atoms with E-state index in [0.717, 1.165) is 5.69 Å². The third kappa shape index (κ3) is 4.21. The molecule has 26 heavy (non-hydrogen) atoms. The van der Waals surface area contributed by atoms with Crippen molar-refractivity contribution in [3.8, 4) is 17.6 Å². The van der Waals surface area contributed by atoms with Gasteiger partial charge in [0, 0.05) is 43.9 Å². The molecule has 3 rings (SSSR count). The quantitative estimate of drug-likeness (QED) is 0.740. The Labute approximate surface area is 162 Å². The van der Waals surface area contributed by atoms with E-state index in [2.05, 4.69) is 21.7 Å². The zero-order valence-electron chi connectivity index (χ0n) is 14.2. The van der Waals surface area contributed by atoms with Crippen molar-refractivity contribution in [2.24, 2.45) is 0 Å². The van der Waals surface area contributed by atoms with E-state index >= 15 is 0 Å². The van der Waals surface area contributed by atoms with Crippen LogP contribution in [0.3, 0.4) is 0 Å². The first-order chi connectivity index (χ1) is 12.6. The maximum Gasteiger partial charge on any atom is 0.298 e. The molecule has 0 saturated carbocycles. The first-order valence-electron chi connectivity index (χ1n) is 8.07. The van der Waals surface area contributed by atoms with Crippen LogP contribution in [-0.2, 0) is 4.79 Å². The maximum absolute atomic E-state index is 12.3. The number of piperazine rings is 1. The SMILES string of the molecule is COc1cncc(C#CC(=O)N2CCN(c3cccc(Cl)c3Cl)CC2)c1. The molecule has 134 valence electrons. The summed E-state index contributed by atoms with van der Waals surface area (Å²) in [5.41, 5.74) is 1.53. The standard InChI is InChI=1S/C19H17Cl2N3O2/c1-26-15-11-14(12-22-13-15)5-6-18(25)24-9-7-23(8-10-24)17-4-2-3-16(20)19(17)21/h2-4,11-13H,7-10H2,1H3. The average Bonchev–Trinajstić information content (AvgIpc) is 2.68. The molecular formula is C19H17Cl2N3O2. The third-order valence-corrected chi connectivity index (χ3v) is 4.91. The summed E-state index contributed by atoms with van der Waals surface area (Å²) in [5.74, 6) is 5.91. The van der Waals surface area contributed by atoms with E-state index in [1.165, 1.54) is 0 Å². The van der Waals surface area contributed by atoms with Crippen molar-refractivity contribution in [1.29, 1.82) is 0 Å². The molecule has 1 aromatic heterocycles. The number of nitrogens with zero attached hydrogens (tertiary/aromatic N) is 3. The largest absolute Gasteiger partial charge is 0.495 e. The van der Waals surface area contributed by atoms with Crippen LogP contribution in [-0.4, -0.2) is 49.1 Å². The van der Waals surface area contributed by atoms with Gasteiger partial charge in [-0.2, -0.15) is 0 Å². The van der Waals surface area contributed by atoms with Crippen molar-refractivity contribution in [2.45, 2.75) is 0 Å². The predicted octanol–water partition coefficient (Wildman–Crippen LogP) is 3.10. The summed E-state index contributed by atoms with van der Waals surface area (Å²) in [7, 11) is 1.56. The molecule has 0 aliphatic carbocycles. The molecule has 0 unspecified atom stereocenters. The van der Waals surface area contributed by atoms with Gasteiger partial charge in [0.1, 0.15) is 5.75 Å². The van der Waals surface area contributed by atoms with Gasteiger partial charge in [-0.1, -0.05) is 35.2 Å². The van der Waals surface area contributed by atoms with Gasteiger partial charge in [0.15, 0.2) is 0 Å². The first-order valence-corrected chi connectivity index (χ1v) is 8.83. The number of carbonyl (C=O) groups excluding carboxylic acids is 1. The second-order valence-electron chi connectivity index (χ2n) is 5.72. The Balaban J connectivity index is 1.62. The number of amides is 1. The highest BCUT2D eigenvalue weighted by Gasteiger charge is 2.22. The number of hydrogen-bond acceptors (Lipinski definition) is 4. The van der Waals surface area contributed by atoms with Gasteiger partial charge in [0.25, 0.3) is 5.91 Å². The highest BCUT2D eigenvalue weighted by molar-refractivity contribution is 6.43. The Morgan fingerprint density at radius 1 is 1.19 bits per heavy atom. The van der Waals surface area contributed by atoms with Crippen LogP contribution in [0.25, 0.3) is 0 Å². The van der Waals surface area contributed by atoms with E-state index in [4.69, 9.17) is 27.9 Å². The number of halogens is 2. The fourth-order valence-corrected chi connectivity index (χ4v) is 3.11. The molecule has 0 radical (unpaired) electrons. The van der Waals surface area contributed by atoms with Crippen molar-refractivity contribution in [2.75, 3.05) is 38.2 Å². The Kier molecular flexibility index (Phi) is 5.87. The topological polar surface area (TPSA) is 45.7 Å². The maximum atomic E-state index is 12.3. The lowest BCUT2D eigenvalue weighted by atomic mass is 10.2. The summed E-state index contributed by atoms with van der Waals surface area (Å²) in [5, 5.41) is 1.07. The van der Waals surface area contributed by atoms with E-state index in [9.17, 15) is 4.79 Å². The molecule has 5 nitrogen and oxygen atoms in total. The molecule has 7 heteroatoms. The van der Waals surface area contributed by atoms with Crippen LogP contribution in [0.5, 0.6) is 5.75 Å². The van der Waals surface area contributed by atoms with E-state index in [0.29, 0.717) is 47.5 Å². The normalized spacial score (nSPS) is 13.8. The molecule has 1 fully saturated rings. The Morgan fingerprint density at radius 2 is 1.96 bits per heavy atom. The van der Waals surface area contributed by atoms with Crippen LogP contribution < -0.4 is 9.64 Å². The molecule has 0 bridgehead atoms. The van der Waals surface area contributed by atoms with E-state index < -0.39 is 0 Å². The van der Waals surface area contributed by atoms with Crippen LogP contribution in [0.15, 0.2) is 36.7 Å². The van der Waals surface area contributed by atoms with Crippen molar-refractivity contribution >= 4 is 34.8 Å². The minimum absolute atomic E-state index is 0.204. The molecule has 1 aromatic carbocycles. The molecule has 2 heterocycles. The fourth-order valence-electron chi connectivity index (χ4n) is 2.69. The van der Waals surface area contributed by atoms with Crippen LogP contribution in [0.2, 0.25) is 10.0 Å². The van der Waals surface area contributed by atoms with Crippen molar-refractivity contribution in [3.05, 3.63) is 52.3 Å². The Bertz CT molecular complexity index is 869. The Hall–Kier alpha value is -2.42. The number of ether oxygens (including phenoxy) is 1. The van der Waals surface area contributed by atoms with Gasteiger partial charge in [-0.05, 0) is 18.2 Å². The smallest absolute Gasteiger partial charge is 0.298 e. The zero-order valence-corrected chi connectivity index (χ0v) is 15.7. The summed E-state index contributed by atoms with van der Waals surface area (Å²) < 4.78 is 5.10. The molecule has 0 atom stereocenters. The lowest BCUT2D eigenvalue weighted by molar-refractivity contribution is -0.125. The van der Waals surface area contributed by atoms with Gasteiger partial charge < -0.3 is 14.5 Å². The van der Waals surface area contributed by atoms with E-state index in [1.54, 1.807) is 36.5 Å². The van der Waals surface area contributed by atoms with Crippen molar-refractivity contribution in [3.63, 3.8) is 0 Å². The van der Waals surface area contributed by atoms with Gasteiger partial charge in [0.05, 0.1) is 29.0 Å². The number of anilines is 1. The second kappa shape index (κ2) is 8.31. The molecule has 1 saturated heterocycles. The summed E-state index contributed by atoms with van der Waals surface area (Å²) in [6.07, 6.45) is 3.19. The van der Waals surface area contributed by atoms with Crippen LogP contribution >= 0.6 is 23.2 Å². The highest BCUT2D eigenvalue weighted by Crippen LogP contribution is 2.32. The van der Waals surface area contributed by atoms with Gasteiger partial charge in [-0.15, -0.1) is 0 Å². The Morgan fingerprint density at radius 3 is 2.69 bits per heavy atom. The van der Waals surface area contributed by atoms with Gasteiger partial charge >= 0.3 is 0 Å². The lowest BCUT2D eigenvalue weighted by Crippen LogP contribution is -2.48. The number of benzene rings is 1. The van der Waals surface area contributed by atoms with E-state index in [1.807, 2.05) is 12.1 Å². The minimum atomic E-state index is -0.204. The predicted molar refractivity (Wildman–Crippen MR) is 103 cm³/mol. The minimum Gasteiger partial charge on any atom is -0.495 e. The molecule has 1 aliphatic rings. The summed E-state index contributed by atoms with van der Waals surface area (Å²) in [6, 6.07) is 7.30. The number of pyridine rings is 1. The van der Waals surface area contributed by atoms with Gasteiger partial charge in [0.2, 0.25) is 0 Å². The lowest BCUT2D eigenvalue weighted by Gasteiger charge is -2.35. The molecule has 1 aliphatic heterocycles. The number of aromatic nitrogens is 1. The molecule has 0 N–H and O–H groups in total. The third-order valence-electron chi connectivity index (χ3n) is 4.10.